The lowest BCUT2D eigenvalue weighted by Gasteiger charge is -2.49. The van der Waals surface area contributed by atoms with Gasteiger partial charge in [-0.05, 0) is 37.5 Å². The lowest BCUT2D eigenvalue weighted by molar-refractivity contribution is 0.0279. The minimum absolute atomic E-state index is 0.311. The van der Waals surface area contributed by atoms with Crippen molar-refractivity contribution >= 4 is 8.32 Å². The van der Waals surface area contributed by atoms with E-state index in [2.05, 4.69) is 58.0 Å². The molecule has 3 aliphatic rings. The van der Waals surface area contributed by atoms with Crippen LogP contribution in [0.25, 0.3) is 0 Å². The number of fused-ring (bicyclic) bond motifs is 2. The maximum atomic E-state index is 6.59. The first-order chi connectivity index (χ1) is 7.71. The first kappa shape index (κ1) is 13.3. The molecule has 0 aromatic heterocycles. The van der Waals surface area contributed by atoms with Crippen LogP contribution in [0.4, 0.5) is 0 Å². The molecule has 0 aromatic carbocycles. The summed E-state index contributed by atoms with van der Waals surface area (Å²) in [5.74, 6) is 0.708. The second-order valence-electron chi connectivity index (χ2n) is 7.23. The molecule has 0 radical (unpaired) electrons. The highest BCUT2D eigenvalue weighted by atomic mass is 28.4. The van der Waals surface area contributed by atoms with Crippen molar-refractivity contribution in [1.82, 2.24) is 4.90 Å². The summed E-state index contributed by atoms with van der Waals surface area (Å²) in [6.45, 7) is 12.9. The van der Waals surface area contributed by atoms with Crippen molar-refractivity contribution < 1.29 is 4.43 Å². The van der Waals surface area contributed by atoms with E-state index in [9.17, 15) is 0 Å². The number of hydrogen-bond donors (Lipinski definition) is 0. The molecule has 0 unspecified atom stereocenters. The third-order valence-corrected chi connectivity index (χ3v) is 9.28. The van der Waals surface area contributed by atoms with Gasteiger partial charge in [-0.2, -0.15) is 0 Å². The Kier molecular flexibility index (Phi) is 3.30. The molecule has 3 heteroatoms. The third-order valence-electron chi connectivity index (χ3n) is 4.78. The van der Waals surface area contributed by atoms with Gasteiger partial charge in [0.1, 0.15) is 0 Å². The molecule has 0 amide bonds. The Balaban J connectivity index is 2.08. The van der Waals surface area contributed by atoms with Gasteiger partial charge in [0.05, 0.1) is 12.1 Å². The van der Waals surface area contributed by atoms with Gasteiger partial charge < -0.3 is 4.43 Å². The first-order valence-electron chi connectivity index (χ1n) is 6.77. The number of hydrogen-bond acceptors (Lipinski definition) is 2. The highest BCUT2D eigenvalue weighted by Gasteiger charge is 2.44. The summed E-state index contributed by atoms with van der Waals surface area (Å²) in [5, 5.41) is 0.311. The SMILES string of the molecule is CN1C[C@H]2C=C[C@@H]1[C@H](O[Si](C)(C)C(C)(C)C)C2. The number of rotatable bonds is 2. The van der Waals surface area contributed by atoms with Crippen LogP contribution in [0.15, 0.2) is 12.2 Å². The lowest BCUT2D eigenvalue weighted by Crippen LogP contribution is -2.56. The van der Waals surface area contributed by atoms with Gasteiger partial charge in [0, 0.05) is 6.54 Å². The Morgan fingerprint density at radius 3 is 2.35 bits per heavy atom. The highest BCUT2D eigenvalue weighted by Crippen LogP contribution is 2.40. The quantitative estimate of drug-likeness (QED) is 0.553. The minimum atomic E-state index is -1.62. The van der Waals surface area contributed by atoms with Gasteiger partial charge in [0.2, 0.25) is 0 Å². The normalized spacial score (nSPS) is 34.4. The van der Waals surface area contributed by atoms with E-state index in [0.717, 1.165) is 0 Å². The zero-order valence-electron chi connectivity index (χ0n) is 12.2. The standard InChI is InChI=1S/C14H27NOSi/c1-14(2,3)17(5,6)16-13-9-11-7-8-12(13)15(4)10-11/h7-8,11-13H,9-10H2,1-6H3/t11-,12+,13+/m0/s1. The number of piperidine rings is 1. The van der Waals surface area contributed by atoms with Crippen molar-refractivity contribution in [2.45, 2.75) is 57.5 Å². The molecule has 1 saturated heterocycles. The molecular weight excluding hydrogens is 226 g/mol. The molecule has 2 aliphatic heterocycles. The predicted molar refractivity (Wildman–Crippen MR) is 75.7 cm³/mol. The van der Waals surface area contributed by atoms with Crippen LogP contribution in [0.3, 0.4) is 0 Å². The summed E-state index contributed by atoms with van der Waals surface area (Å²) in [5.41, 5.74) is 0. The predicted octanol–water partition coefficient (Wildman–Crippen LogP) is 3.27. The van der Waals surface area contributed by atoms with Crippen molar-refractivity contribution in [2.75, 3.05) is 13.6 Å². The van der Waals surface area contributed by atoms with Crippen LogP contribution in [-0.2, 0) is 4.43 Å². The molecule has 98 valence electrons. The van der Waals surface area contributed by atoms with Crippen LogP contribution in [0, 0.1) is 5.92 Å². The Hall–Kier alpha value is -0.123. The van der Waals surface area contributed by atoms with Crippen molar-refractivity contribution in [3.05, 3.63) is 12.2 Å². The molecule has 2 bridgehead atoms. The van der Waals surface area contributed by atoms with E-state index in [1.807, 2.05) is 0 Å². The fraction of sp³-hybridized carbons (Fsp3) is 0.857. The molecular formula is C14H27NOSi. The molecule has 1 fully saturated rings. The Labute approximate surface area is 107 Å². The van der Waals surface area contributed by atoms with Gasteiger partial charge in [0.15, 0.2) is 8.32 Å². The molecule has 0 spiro atoms. The molecule has 2 nitrogen and oxygen atoms in total. The van der Waals surface area contributed by atoms with Crippen molar-refractivity contribution in [2.24, 2.45) is 5.92 Å². The van der Waals surface area contributed by atoms with Crippen LogP contribution in [-0.4, -0.2) is 39.0 Å². The van der Waals surface area contributed by atoms with Crippen LogP contribution in [0.2, 0.25) is 18.1 Å². The fourth-order valence-electron chi connectivity index (χ4n) is 2.64. The summed E-state index contributed by atoms with van der Waals surface area (Å²) in [4.78, 5) is 2.45. The Morgan fingerprint density at radius 2 is 1.88 bits per heavy atom. The van der Waals surface area contributed by atoms with Crippen LogP contribution >= 0.6 is 0 Å². The molecule has 1 aliphatic carbocycles. The average molecular weight is 253 g/mol. The molecule has 3 rings (SSSR count). The third kappa shape index (κ3) is 2.51. The maximum absolute atomic E-state index is 6.59. The smallest absolute Gasteiger partial charge is 0.192 e. The summed E-state index contributed by atoms with van der Waals surface area (Å²) in [6, 6.07) is 0.508. The van der Waals surface area contributed by atoms with Crippen LogP contribution < -0.4 is 0 Å². The molecule has 2 heterocycles. The van der Waals surface area contributed by atoms with E-state index in [4.69, 9.17) is 4.43 Å². The molecule has 3 atom stereocenters. The Bertz CT molecular complexity index is 319. The van der Waals surface area contributed by atoms with E-state index in [-0.39, 0.29) is 0 Å². The van der Waals surface area contributed by atoms with Gasteiger partial charge in [-0.25, -0.2) is 0 Å². The van der Waals surface area contributed by atoms with Crippen molar-refractivity contribution in [1.29, 1.82) is 0 Å². The second-order valence-corrected chi connectivity index (χ2v) is 12.0. The topological polar surface area (TPSA) is 12.5 Å². The monoisotopic (exact) mass is 253 g/mol. The van der Waals surface area contributed by atoms with Crippen molar-refractivity contribution in [3.63, 3.8) is 0 Å². The molecule has 17 heavy (non-hydrogen) atoms. The van der Waals surface area contributed by atoms with Gasteiger partial charge in [-0.1, -0.05) is 32.9 Å². The van der Waals surface area contributed by atoms with Crippen molar-refractivity contribution in [3.8, 4) is 0 Å². The van der Waals surface area contributed by atoms with E-state index < -0.39 is 8.32 Å². The summed E-state index contributed by atoms with van der Waals surface area (Å²) in [7, 11) is 0.605. The number of nitrogens with zero attached hydrogens (tertiary/aromatic N) is 1. The van der Waals surface area contributed by atoms with Gasteiger partial charge in [-0.15, -0.1) is 0 Å². The fourth-order valence-corrected chi connectivity index (χ4v) is 3.99. The lowest BCUT2D eigenvalue weighted by atomic mass is 9.84. The summed E-state index contributed by atoms with van der Waals surface area (Å²) >= 11 is 0. The van der Waals surface area contributed by atoms with E-state index in [1.165, 1.54) is 13.0 Å². The highest BCUT2D eigenvalue weighted by molar-refractivity contribution is 6.74. The van der Waals surface area contributed by atoms with Crippen LogP contribution in [0.5, 0.6) is 0 Å². The van der Waals surface area contributed by atoms with Gasteiger partial charge >= 0.3 is 0 Å². The first-order valence-corrected chi connectivity index (χ1v) is 9.68. The molecule has 0 N–H and O–H groups in total. The van der Waals surface area contributed by atoms with Gasteiger partial charge in [-0.3, -0.25) is 4.90 Å². The molecule has 0 aromatic rings. The van der Waals surface area contributed by atoms with Gasteiger partial charge in [0.25, 0.3) is 0 Å². The summed E-state index contributed by atoms with van der Waals surface area (Å²) in [6.07, 6.45) is 6.38. The largest absolute Gasteiger partial charge is 0.412 e. The second kappa shape index (κ2) is 4.21. The minimum Gasteiger partial charge on any atom is -0.412 e. The van der Waals surface area contributed by atoms with Crippen LogP contribution in [0.1, 0.15) is 27.2 Å². The van der Waals surface area contributed by atoms with E-state index >= 15 is 0 Å². The zero-order chi connectivity index (χ0) is 12.8. The van der Waals surface area contributed by atoms with E-state index in [1.54, 1.807) is 0 Å². The average Bonchev–Trinajstić information content (AvgIpc) is 2.14. The number of likely N-dealkylation sites (N-methyl/N-ethyl adjacent to an activating group) is 1. The Morgan fingerprint density at radius 1 is 1.24 bits per heavy atom. The zero-order valence-corrected chi connectivity index (χ0v) is 13.2. The molecule has 0 saturated carbocycles. The van der Waals surface area contributed by atoms with E-state index in [0.29, 0.717) is 23.1 Å². The maximum Gasteiger partial charge on any atom is 0.192 e. The summed E-state index contributed by atoms with van der Waals surface area (Å²) < 4.78 is 6.59.